The summed E-state index contributed by atoms with van der Waals surface area (Å²) in [6.07, 6.45) is 16.3. The average Bonchev–Trinajstić information content (AvgIpc) is 2.90. The van der Waals surface area contributed by atoms with E-state index in [-0.39, 0.29) is 12.5 Å². The van der Waals surface area contributed by atoms with Gasteiger partial charge < -0.3 is 10.4 Å². The Morgan fingerprint density at radius 2 is 1.92 bits per heavy atom. The van der Waals surface area contributed by atoms with Crippen LogP contribution in [0.4, 0.5) is 5.69 Å². The Morgan fingerprint density at radius 1 is 1.14 bits per heavy atom. The number of benzene rings is 2. The number of allylic oxidation sites excluding steroid dienone is 5. The summed E-state index contributed by atoms with van der Waals surface area (Å²) in [5.74, 6) is 0.170. The number of hydrogen-bond acceptors (Lipinski definition) is 3. The summed E-state index contributed by atoms with van der Waals surface area (Å²) in [5, 5.41) is 13.3. The Labute approximate surface area is 219 Å². The van der Waals surface area contributed by atoms with Gasteiger partial charge in [0, 0.05) is 35.9 Å². The molecule has 2 aromatic rings. The molecular formula is C31H35ClN2O2. The minimum absolute atomic E-state index is 0.159. The highest BCUT2D eigenvalue weighted by molar-refractivity contribution is 6.30. The highest BCUT2D eigenvalue weighted by atomic mass is 35.5. The van der Waals surface area contributed by atoms with Crippen LogP contribution in [-0.2, 0) is 11.3 Å². The second-order valence-electron chi connectivity index (χ2n) is 9.61. The zero-order valence-corrected chi connectivity index (χ0v) is 21.6. The number of carbonyl (C=O) groups is 1. The zero-order valence-electron chi connectivity index (χ0n) is 20.9. The molecule has 1 amide bonds. The van der Waals surface area contributed by atoms with E-state index >= 15 is 0 Å². The molecule has 2 atom stereocenters. The van der Waals surface area contributed by atoms with Crippen LogP contribution in [0.25, 0.3) is 11.6 Å². The number of rotatable bonds is 9. The fourth-order valence-electron chi connectivity index (χ4n) is 4.74. The maximum atomic E-state index is 12.4. The molecule has 36 heavy (non-hydrogen) atoms. The topological polar surface area (TPSA) is 52.6 Å². The Hall–Kier alpha value is -2.92. The van der Waals surface area contributed by atoms with E-state index < -0.39 is 0 Å². The normalized spacial score (nSPS) is 19.9. The highest BCUT2D eigenvalue weighted by Crippen LogP contribution is 2.33. The second kappa shape index (κ2) is 12.9. The lowest BCUT2D eigenvalue weighted by molar-refractivity contribution is -0.111. The van der Waals surface area contributed by atoms with E-state index in [1.54, 1.807) is 6.08 Å². The van der Waals surface area contributed by atoms with Gasteiger partial charge in [0.1, 0.15) is 0 Å². The molecule has 188 valence electrons. The van der Waals surface area contributed by atoms with Crippen molar-refractivity contribution >= 4 is 34.8 Å². The molecule has 0 aromatic heterocycles. The van der Waals surface area contributed by atoms with Crippen molar-refractivity contribution in [1.82, 2.24) is 4.90 Å². The van der Waals surface area contributed by atoms with Crippen molar-refractivity contribution in [1.29, 1.82) is 0 Å². The van der Waals surface area contributed by atoms with E-state index in [9.17, 15) is 9.90 Å². The van der Waals surface area contributed by atoms with E-state index in [0.717, 1.165) is 47.7 Å². The molecule has 4 nitrogen and oxygen atoms in total. The zero-order chi connectivity index (χ0) is 25.3. The second-order valence-corrected chi connectivity index (χ2v) is 10.0. The lowest BCUT2D eigenvalue weighted by atomic mass is 9.91. The van der Waals surface area contributed by atoms with Gasteiger partial charge in [0.2, 0.25) is 5.91 Å². The van der Waals surface area contributed by atoms with Gasteiger partial charge in [0.25, 0.3) is 0 Å². The summed E-state index contributed by atoms with van der Waals surface area (Å²) in [7, 11) is 0. The van der Waals surface area contributed by atoms with Crippen molar-refractivity contribution in [3.05, 3.63) is 101 Å². The van der Waals surface area contributed by atoms with Crippen molar-refractivity contribution in [3.63, 3.8) is 0 Å². The van der Waals surface area contributed by atoms with Gasteiger partial charge in [-0.2, -0.15) is 0 Å². The lowest BCUT2D eigenvalue weighted by Gasteiger charge is -2.31. The Morgan fingerprint density at radius 3 is 2.58 bits per heavy atom. The first-order valence-corrected chi connectivity index (χ1v) is 13.2. The first-order chi connectivity index (χ1) is 17.5. The molecule has 0 spiro atoms. The number of anilines is 1. The molecule has 2 aliphatic rings. The number of carbonyl (C=O) groups excluding carboxylic acids is 1. The first-order valence-electron chi connectivity index (χ1n) is 12.8. The van der Waals surface area contributed by atoms with E-state index in [2.05, 4.69) is 47.5 Å². The van der Waals surface area contributed by atoms with Crippen LogP contribution < -0.4 is 5.32 Å². The third-order valence-corrected chi connectivity index (χ3v) is 7.34. The molecule has 2 unspecified atom stereocenters. The van der Waals surface area contributed by atoms with Gasteiger partial charge in [-0.05, 0) is 78.1 Å². The molecule has 0 saturated carbocycles. The minimum atomic E-state index is -0.162. The Balaban J connectivity index is 1.30. The molecule has 0 aliphatic heterocycles. The molecule has 0 radical (unpaired) electrons. The van der Waals surface area contributed by atoms with E-state index in [0.29, 0.717) is 18.5 Å². The molecule has 5 heteroatoms. The van der Waals surface area contributed by atoms with Crippen LogP contribution in [0.5, 0.6) is 0 Å². The molecule has 4 rings (SSSR count). The number of aliphatic hydroxyl groups is 1. The largest absolute Gasteiger partial charge is 0.395 e. The molecule has 0 heterocycles. The molecule has 2 aliphatic carbocycles. The number of hydrogen-bond donors (Lipinski definition) is 2. The quantitative estimate of drug-likeness (QED) is 0.293. The predicted molar refractivity (Wildman–Crippen MR) is 151 cm³/mol. The summed E-state index contributed by atoms with van der Waals surface area (Å²) in [5.41, 5.74) is 5.34. The van der Waals surface area contributed by atoms with Crippen molar-refractivity contribution in [2.24, 2.45) is 5.92 Å². The molecule has 2 aromatic carbocycles. The molecule has 0 saturated heterocycles. The fraction of sp³-hybridized carbons (Fsp3) is 0.323. The van der Waals surface area contributed by atoms with Crippen LogP contribution in [0.2, 0.25) is 0 Å². The summed E-state index contributed by atoms with van der Waals surface area (Å²) >= 11 is 6.19. The van der Waals surface area contributed by atoms with Crippen molar-refractivity contribution < 1.29 is 9.90 Å². The Kier molecular flexibility index (Phi) is 9.35. The predicted octanol–water partition coefficient (Wildman–Crippen LogP) is 6.79. The number of halogens is 1. The van der Waals surface area contributed by atoms with Crippen molar-refractivity contribution in [2.45, 2.75) is 45.2 Å². The number of nitrogens with one attached hydrogen (secondary N) is 1. The van der Waals surface area contributed by atoms with Crippen LogP contribution in [0.3, 0.4) is 0 Å². The maximum absolute atomic E-state index is 12.4. The molecule has 0 fully saturated rings. The summed E-state index contributed by atoms with van der Waals surface area (Å²) < 4.78 is 0. The average molecular weight is 503 g/mol. The fourth-order valence-corrected chi connectivity index (χ4v) is 4.88. The Bertz CT molecular complexity index is 1150. The van der Waals surface area contributed by atoms with E-state index in [4.69, 9.17) is 11.6 Å². The molecular weight excluding hydrogens is 468 g/mol. The smallest absolute Gasteiger partial charge is 0.248 e. The highest BCUT2D eigenvalue weighted by Gasteiger charge is 2.17. The molecule has 0 bridgehead atoms. The lowest BCUT2D eigenvalue weighted by Crippen LogP contribution is -2.36. The third kappa shape index (κ3) is 7.30. The summed E-state index contributed by atoms with van der Waals surface area (Å²) in [6, 6.07) is 16.6. The number of amides is 1. The summed E-state index contributed by atoms with van der Waals surface area (Å²) in [6.45, 7) is 3.75. The number of aliphatic hydroxyl groups excluding tert-OH is 1. The summed E-state index contributed by atoms with van der Waals surface area (Å²) in [4.78, 5) is 14.8. The van der Waals surface area contributed by atoms with Gasteiger partial charge in [-0.1, -0.05) is 73.2 Å². The minimum Gasteiger partial charge on any atom is -0.395 e. The first kappa shape index (κ1) is 26.2. The third-order valence-electron chi connectivity index (χ3n) is 6.84. The van der Waals surface area contributed by atoms with Crippen molar-refractivity contribution in [2.75, 3.05) is 18.5 Å². The molecule has 2 N–H and O–H groups in total. The monoisotopic (exact) mass is 502 g/mol. The standard InChI is InChI=1S/C31H35ClN2O2/c1-23-21-27(14-17-30(23)32)26-12-15-28(16-13-26)33-31(36)18-11-24-7-9-25(10-8-24)22-34(19-20-35)29-5-3-2-4-6-29/h3,5,7-18,23,29,35H,2,4,6,19-22H2,1H3,(H,33,36)/b18-11+. The van der Waals surface area contributed by atoms with Crippen LogP contribution in [0, 0.1) is 5.92 Å². The SMILES string of the molecule is CC1CC(c2ccc(NC(=O)/C=C/c3ccc(CN(CCO)C4C=CCCC4)cc3)cc2)=CC=C1Cl. The van der Waals surface area contributed by atoms with E-state index in [1.807, 2.05) is 48.6 Å². The van der Waals surface area contributed by atoms with Gasteiger partial charge in [-0.15, -0.1) is 0 Å². The van der Waals surface area contributed by atoms with Crippen LogP contribution >= 0.6 is 11.6 Å². The van der Waals surface area contributed by atoms with Gasteiger partial charge in [0.15, 0.2) is 0 Å². The van der Waals surface area contributed by atoms with Gasteiger partial charge in [0.05, 0.1) is 6.61 Å². The van der Waals surface area contributed by atoms with Crippen LogP contribution in [0.15, 0.2) is 83.9 Å². The van der Waals surface area contributed by atoms with Crippen molar-refractivity contribution in [3.8, 4) is 0 Å². The van der Waals surface area contributed by atoms with Gasteiger partial charge in [-0.25, -0.2) is 0 Å². The van der Waals surface area contributed by atoms with Crippen LogP contribution in [0.1, 0.15) is 49.3 Å². The van der Waals surface area contributed by atoms with Gasteiger partial charge in [-0.3, -0.25) is 9.69 Å². The van der Waals surface area contributed by atoms with Crippen LogP contribution in [-0.4, -0.2) is 35.1 Å². The number of nitrogens with zero attached hydrogens (tertiary/aromatic N) is 1. The maximum Gasteiger partial charge on any atom is 0.248 e. The van der Waals surface area contributed by atoms with Gasteiger partial charge >= 0.3 is 0 Å². The van der Waals surface area contributed by atoms with E-state index in [1.165, 1.54) is 17.6 Å².